The summed E-state index contributed by atoms with van der Waals surface area (Å²) in [5.74, 6) is 2.48. The van der Waals surface area contributed by atoms with Crippen molar-refractivity contribution >= 4 is 23.0 Å². The molecule has 0 aliphatic heterocycles. The molecule has 6 heteroatoms. The zero-order valence-electron chi connectivity index (χ0n) is 22.6. The highest BCUT2D eigenvalue weighted by atomic mass is 16.5. The van der Waals surface area contributed by atoms with Gasteiger partial charge in [-0.05, 0) is 67.2 Å². The van der Waals surface area contributed by atoms with Crippen LogP contribution >= 0.6 is 0 Å². The summed E-state index contributed by atoms with van der Waals surface area (Å²) < 4.78 is 13.8. The first kappa shape index (κ1) is 27.7. The van der Waals surface area contributed by atoms with E-state index in [0.717, 1.165) is 78.1 Å². The summed E-state index contributed by atoms with van der Waals surface area (Å²) in [4.78, 5) is 17.1. The van der Waals surface area contributed by atoms with E-state index in [0.29, 0.717) is 13.2 Å². The molecule has 0 saturated heterocycles. The van der Waals surface area contributed by atoms with Crippen LogP contribution < -0.4 is 14.8 Å². The van der Waals surface area contributed by atoms with E-state index in [9.17, 15) is 4.79 Å². The molecule has 6 nitrogen and oxygen atoms in total. The summed E-state index contributed by atoms with van der Waals surface area (Å²) in [5.41, 5.74) is 4.30. The van der Waals surface area contributed by atoms with Crippen molar-refractivity contribution in [3.63, 3.8) is 0 Å². The van der Waals surface area contributed by atoms with Crippen molar-refractivity contribution < 1.29 is 14.3 Å². The number of carbonyl (C=O) groups excluding carboxylic acids is 1. The predicted octanol–water partition coefficient (Wildman–Crippen LogP) is 6.39. The van der Waals surface area contributed by atoms with E-state index in [1.807, 2.05) is 66.7 Å². The molecule has 0 unspecified atom stereocenters. The normalized spacial score (nSPS) is 11.1. The number of amides is 1. The second kappa shape index (κ2) is 14.6. The fraction of sp³-hybridized carbons (Fsp3) is 0.273. The number of para-hydroxylation sites is 2. The third kappa shape index (κ3) is 8.08. The van der Waals surface area contributed by atoms with Gasteiger partial charge in [0.05, 0.1) is 24.8 Å². The number of benzene rings is 3. The molecule has 0 spiro atoms. The molecule has 0 saturated carbocycles. The number of nitrogens with zero attached hydrogens (tertiary/aromatic N) is 2. The van der Waals surface area contributed by atoms with Crippen LogP contribution in [0.25, 0.3) is 17.1 Å². The number of hydrogen-bond acceptors (Lipinski definition) is 4. The quantitative estimate of drug-likeness (QED) is 0.111. The molecule has 3 aromatic carbocycles. The van der Waals surface area contributed by atoms with Gasteiger partial charge in [0, 0.05) is 25.6 Å². The maximum absolute atomic E-state index is 12.2. The minimum atomic E-state index is -0.0840. The summed E-state index contributed by atoms with van der Waals surface area (Å²) in [6.07, 6.45) is 9.57. The fourth-order valence-electron chi connectivity index (χ4n) is 4.50. The number of unbranched alkanes of at least 4 members (excludes halogenated alkanes) is 1. The zero-order valence-corrected chi connectivity index (χ0v) is 22.6. The Morgan fingerprint density at radius 2 is 1.82 bits per heavy atom. The smallest absolute Gasteiger partial charge is 0.243 e. The van der Waals surface area contributed by atoms with Crippen molar-refractivity contribution in [2.24, 2.45) is 0 Å². The number of imidazole rings is 1. The molecule has 1 heterocycles. The van der Waals surface area contributed by atoms with Crippen molar-refractivity contribution in [2.45, 2.75) is 38.6 Å². The highest BCUT2D eigenvalue weighted by molar-refractivity contribution is 5.91. The van der Waals surface area contributed by atoms with Gasteiger partial charge in [-0.25, -0.2) is 4.98 Å². The minimum Gasteiger partial charge on any atom is -0.493 e. The number of ether oxygens (including phenoxy) is 2. The van der Waals surface area contributed by atoms with Gasteiger partial charge in [0.25, 0.3) is 0 Å². The van der Waals surface area contributed by atoms with E-state index < -0.39 is 0 Å². The lowest BCUT2D eigenvalue weighted by molar-refractivity contribution is -0.116. The second-order valence-corrected chi connectivity index (χ2v) is 9.34. The minimum absolute atomic E-state index is 0.0840. The van der Waals surface area contributed by atoms with Crippen LogP contribution in [-0.4, -0.2) is 35.7 Å². The monoisotopic (exact) mass is 523 g/mol. The lowest BCUT2D eigenvalue weighted by atomic mass is 10.1. The molecular formula is C33H37N3O3. The first-order chi connectivity index (χ1) is 19.2. The van der Waals surface area contributed by atoms with Crippen molar-refractivity contribution in [3.05, 3.63) is 108 Å². The van der Waals surface area contributed by atoms with E-state index in [2.05, 4.69) is 34.7 Å². The predicted molar refractivity (Wildman–Crippen MR) is 158 cm³/mol. The SMILES string of the molecule is C=CCc1ccc(OCCCCn2c(CCCNC(=O)/C=C\c3ccccc3)nc3ccccc32)c(OC)c1. The van der Waals surface area contributed by atoms with Gasteiger partial charge in [-0.2, -0.15) is 0 Å². The Bertz CT molecular complexity index is 1390. The number of nitrogens with one attached hydrogen (secondary N) is 1. The third-order valence-electron chi connectivity index (χ3n) is 6.48. The molecule has 39 heavy (non-hydrogen) atoms. The standard InChI is InChI=1S/C33H37N3O3/c1-3-12-27-18-20-30(31(25-27)38-2)39-24-10-9-23-36-29-16-8-7-15-28(29)35-32(36)17-11-22-34-33(37)21-19-26-13-5-4-6-14-26/h3-8,13-16,18-21,25H,1,9-12,17,22-24H2,2H3,(H,34,37)/b21-19-. The average molecular weight is 524 g/mol. The molecule has 4 rings (SSSR count). The summed E-state index contributed by atoms with van der Waals surface area (Å²) in [5, 5.41) is 2.98. The maximum Gasteiger partial charge on any atom is 0.243 e. The van der Waals surface area contributed by atoms with E-state index in [1.165, 1.54) is 0 Å². The molecule has 0 aliphatic carbocycles. The maximum atomic E-state index is 12.2. The van der Waals surface area contributed by atoms with Gasteiger partial charge in [0.15, 0.2) is 11.5 Å². The number of fused-ring (bicyclic) bond motifs is 1. The molecule has 0 bridgehead atoms. The van der Waals surface area contributed by atoms with E-state index in [4.69, 9.17) is 14.5 Å². The van der Waals surface area contributed by atoms with Crippen LogP contribution in [0.15, 0.2) is 91.5 Å². The number of aryl methyl sites for hydroxylation is 2. The first-order valence-electron chi connectivity index (χ1n) is 13.5. The van der Waals surface area contributed by atoms with Gasteiger partial charge >= 0.3 is 0 Å². The fourth-order valence-corrected chi connectivity index (χ4v) is 4.50. The van der Waals surface area contributed by atoms with Gasteiger partial charge < -0.3 is 19.4 Å². The summed E-state index contributed by atoms with van der Waals surface area (Å²) in [6, 6.07) is 24.1. The molecule has 1 amide bonds. The van der Waals surface area contributed by atoms with Crippen LogP contribution in [0.1, 0.15) is 36.2 Å². The molecule has 4 aromatic rings. The van der Waals surface area contributed by atoms with Crippen LogP contribution in [0.2, 0.25) is 0 Å². The topological polar surface area (TPSA) is 65.4 Å². The number of rotatable bonds is 15. The van der Waals surface area contributed by atoms with Crippen molar-refractivity contribution in [2.75, 3.05) is 20.3 Å². The number of allylic oxidation sites excluding steroid dienone is 1. The molecule has 0 fully saturated rings. The van der Waals surface area contributed by atoms with Gasteiger partial charge in [0.2, 0.25) is 5.91 Å². The molecular weight excluding hydrogens is 486 g/mol. The lowest BCUT2D eigenvalue weighted by Crippen LogP contribution is -2.22. The Labute approximate surface area is 231 Å². The Kier molecular flexibility index (Phi) is 10.4. The number of methoxy groups -OCH3 is 1. The molecule has 1 N–H and O–H groups in total. The number of aromatic nitrogens is 2. The van der Waals surface area contributed by atoms with Crippen molar-refractivity contribution in [1.82, 2.24) is 14.9 Å². The van der Waals surface area contributed by atoms with Crippen molar-refractivity contribution in [1.29, 1.82) is 0 Å². The average Bonchev–Trinajstić information content (AvgIpc) is 3.32. The Balaban J connectivity index is 1.26. The van der Waals surface area contributed by atoms with Crippen molar-refractivity contribution in [3.8, 4) is 11.5 Å². The highest BCUT2D eigenvalue weighted by Gasteiger charge is 2.11. The molecule has 0 aliphatic rings. The van der Waals surface area contributed by atoms with Crippen LogP contribution in [0, 0.1) is 0 Å². The Hall–Kier alpha value is -4.32. The summed E-state index contributed by atoms with van der Waals surface area (Å²) >= 11 is 0. The Morgan fingerprint density at radius 3 is 2.64 bits per heavy atom. The van der Waals surface area contributed by atoms with Gasteiger partial charge in [-0.15, -0.1) is 6.58 Å². The first-order valence-corrected chi connectivity index (χ1v) is 13.5. The molecule has 202 valence electrons. The zero-order chi connectivity index (χ0) is 27.3. The Morgan fingerprint density at radius 1 is 1.00 bits per heavy atom. The number of carbonyl (C=O) groups is 1. The number of hydrogen-bond donors (Lipinski definition) is 1. The summed E-state index contributed by atoms with van der Waals surface area (Å²) in [6.45, 7) is 5.87. The third-order valence-corrected chi connectivity index (χ3v) is 6.48. The van der Waals surface area contributed by atoms with E-state index in [-0.39, 0.29) is 5.91 Å². The second-order valence-electron chi connectivity index (χ2n) is 9.34. The van der Waals surface area contributed by atoms with Gasteiger partial charge in [-0.3, -0.25) is 4.79 Å². The lowest BCUT2D eigenvalue weighted by Gasteiger charge is -2.13. The summed E-state index contributed by atoms with van der Waals surface area (Å²) in [7, 11) is 1.67. The molecule has 0 radical (unpaired) electrons. The van der Waals surface area contributed by atoms with Crippen LogP contribution in [0.5, 0.6) is 11.5 Å². The van der Waals surface area contributed by atoms with Gasteiger partial charge in [0.1, 0.15) is 5.82 Å². The molecule has 1 aromatic heterocycles. The highest BCUT2D eigenvalue weighted by Crippen LogP contribution is 2.28. The van der Waals surface area contributed by atoms with Crippen LogP contribution in [0.4, 0.5) is 0 Å². The van der Waals surface area contributed by atoms with E-state index >= 15 is 0 Å². The largest absolute Gasteiger partial charge is 0.493 e. The van der Waals surface area contributed by atoms with Crippen LogP contribution in [0.3, 0.4) is 0 Å². The molecule has 0 atom stereocenters. The van der Waals surface area contributed by atoms with Gasteiger partial charge in [-0.1, -0.05) is 54.6 Å². The van der Waals surface area contributed by atoms with E-state index in [1.54, 1.807) is 13.2 Å². The van der Waals surface area contributed by atoms with Crippen LogP contribution in [-0.2, 0) is 24.2 Å².